The van der Waals surface area contributed by atoms with Crippen molar-refractivity contribution in [2.24, 2.45) is 0 Å². The molecule has 1 amide bonds. The van der Waals surface area contributed by atoms with Gasteiger partial charge in [0, 0.05) is 18.1 Å². The molecule has 3 rings (SSSR count). The Kier molecular flexibility index (Phi) is 5.01. The minimum atomic E-state index is -0.457. The monoisotopic (exact) mass is 387 g/mol. The zero-order chi connectivity index (χ0) is 19.9. The third-order valence-corrected chi connectivity index (χ3v) is 5.56. The molecule has 0 saturated heterocycles. The lowest BCUT2D eigenvalue weighted by Gasteiger charge is -2.15. The average Bonchev–Trinajstić information content (AvgIpc) is 3.13. The summed E-state index contributed by atoms with van der Waals surface area (Å²) in [5.41, 5.74) is 2.13. The maximum absolute atomic E-state index is 13.0. The van der Waals surface area contributed by atoms with Gasteiger partial charge in [-0.25, -0.2) is 14.8 Å². The van der Waals surface area contributed by atoms with Crippen LogP contribution in [0.1, 0.15) is 48.6 Å². The molecule has 142 valence electrons. The Morgan fingerprint density at radius 2 is 1.93 bits per heavy atom. The highest BCUT2D eigenvalue weighted by molar-refractivity contribution is 7.20. The van der Waals surface area contributed by atoms with Crippen LogP contribution >= 0.6 is 11.3 Å². The van der Waals surface area contributed by atoms with Crippen molar-refractivity contribution in [1.29, 1.82) is 0 Å². The van der Waals surface area contributed by atoms with Crippen molar-refractivity contribution in [2.75, 3.05) is 14.2 Å². The van der Waals surface area contributed by atoms with E-state index >= 15 is 0 Å². The van der Waals surface area contributed by atoms with E-state index in [4.69, 9.17) is 9.15 Å². The van der Waals surface area contributed by atoms with Gasteiger partial charge >= 0.3 is 5.97 Å². The van der Waals surface area contributed by atoms with Crippen molar-refractivity contribution in [3.63, 3.8) is 0 Å². The highest BCUT2D eigenvalue weighted by Crippen LogP contribution is 2.32. The fourth-order valence-electron chi connectivity index (χ4n) is 3.09. The van der Waals surface area contributed by atoms with Gasteiger partial charge < -0.3 is 14.1 Å². The van der Waals surface area contributed by atoms with E-state index in [1.54, 1.807) is 24.9 Å². The average molecular weight is 387 g/mol. The smallest absolute Gasteiger partial charge is 0.341 e. The Labute approximate surface area is 161 Å². The first-order chi connectivity index (χ1) is 12.7. The topological polar surface area (TPSA) is 85.5 Å². The molecule has 0 aliphatic heterocycles. The normalized spacial score (nSPS) is 11.0. The molecule has 0 radical (unpaired) electrons. The number of hydrogen-bond acceptors (Lipinski definition) is 7. The quantitative estimate of drug-likeness (QED) is 0.636. The summed E-state index contributed by atoms with van der Waals surface area (Å²) in [6.07, 6.45) is 0. The van der Waals surface area contributed by atoms with Gasteiger partial charge in [0.25, 0.3) is 5.91 Å². The summed E-state index contributed by atoms with van der Waals surface area (Å²) in [4.78, 5) is 36.6. The number of thiophene rings is 1. The van der Waals surface area contributed by atoms with Gasteiger partial charge in [0.05, 0.1) is 18.5 Å². The van der Waals surface area contributed by atoms with Crippen molar-refractivity contribution in [2.45, 2.75) is 34.2 Å². The molecule has 27 heavy (non-hydrogen) atoms. The lowest BCUT2D eigenvalue weighted by Crippen LogP contribution is -2.25. The fraction of sp³-hybridized carbons (Fsp3) is 0.368. The summed E-state index contributed by atoms with van der Waals surface area (Å²) in [5, 5.41) is 0.934. The number of nitrogens with zero attached hydrogens (tertiary/aromatic N) is 3. The van der Waals surface area contributed by atoms with E-state index in [2.05, 4.69) is 9.97 Å². The summed E-state index contributed by atoms with van der Waals surface area (Å²) in [6, 6.07) is 1.61. The Morgan fingerprint density at radius 1 is 1.22 bits per heavy atom. The predicted molar refractivity (Wildman–Crippen MR) is 102 cm³/mol. The molecular formula is C19H21N3O4S. The van der Waals surface area contributed by atoms with E-state index < -0.39 is 5.97 Å². The number of aromatic nitrogens is 2. The van der Waals surface area contributed by atoms with Crippen molar-refractivity contribution in [1.82, 2.24) is 14.9 Å². The van der Waals surface area contributed by atoms with Gasteiger partial charge in [-0.1, -0.05) is 0 Å². The molecular weight excluding hydrogens is 366 g/mol. The highest BCUT2D eigenvalue weighted by atomic mass is 32.1. The molecule has 7 nitrogen and oxygen atoms in total. The largest absolute Gasteiger partial charge is 0.465 e. The number of carbonyl (C=O) groups excluding carboxylic acids is 2. The van der Waals surface area contributed by atoms with Crippen LogP contribution in [0.5, 0.6) is 0 Å². The number of carbonyl (C=O) groups is 2. The van der Waals surface area contributed by atoms with Gasteiger partial charge in [0.2, 0.25) is 0 Å². The summed E-state index contributed by atoms with van der Waals surface area (Å²) >= 11 is 1.37. The van der Waals surface area contributed by atoms with Crippen LogP contribution in [0.15, 0.2) is 10.5 Å². The molecule has 0 bridgehead atoms. The molecule has 3 aromatic heterocycles. The minimum absolute atomic E-state index is 0.124. The molecule has 0 atom stereocenters. The zero-order valence-corrected chi connectivity index (χ0v) is 17.0. The molecule has 3 aromatic rings. The Hall–Kier alpha value is -2.74. The minimum Gasteiger partial charge on any atom is -0.465 e. The number of rotatable bonds is 4. The number of methoxy groups -OCH3 is 1. The van der Waals surface area contributed by atoms with Crippen LogP contribution in [-0.2, 0) is 11.3 Å². The van der Waals surface area contributed by atoms with E-state index in [-0.39, 0.29) is 12.5 Å². The van der Waals surface area contributed by atoms with Crippen LogP contribution in [-0.4, -0.2) is 40.9 Å². The van der Waals surface area contributed by atoms with E-state index in [0.29, 0.717) is 27.8 Å². The van der Waals surface area contributed by atoms with Crippen molar-refractivity contribution in [3.8, 4) is 0 Å². The standard InChI is InChI=1S/C19H21N3O4S/c1-9-15-10(2)20-12(4)21-17(15)27-16(9)18(23)22(5)8-13-7-14(11(3)26-13)19(24)25-6/h7H,8H2,1-6H3. The van der Waals surface area contributed by atoms with Gasteiger partial charge in [-0.15, -0.1) is 11.3 Å². The van der Waals surface area contributed by atoms with Crippen LogP contribution in [0.4, 0.5) is 0 Å². The van der Waals surface area contributed by atoms with Crippen LogP contribution in [0.25, 0.3) is 10.2 Å². The molecule has 0 unspecified atom stereocenters. The number of hydrogen-bond donors (Lipinski definition) is 0. The molecule has 3 heterocycles. The van der Waals surface area contributed by atoms with Crippen LogP contribution in [0.2, 0.25) is 0 Å². The molecule has 0 saturated carbocycles. The van der Waals surface area contributed by atoms with Crippen LogP contribution in [0.3, 0.4) is 0 Å². The molecule has 8 heteroatoms. The maximum atomic E-state index is 13.0. The van der Waals surface area contributed by atoms with Crippen LogP contribution in [0, 0.1) is 27.7 Å². The molecule has 0 N–H and O–H groups in total. The lowest BCUT2D eigenvalue weighted by molar-refractivity contribution is 0.0598. The SMILES string of the molecule is COC(=O)c1cc(CN(C)C(=O)c2sc3nc(C)nc(C)c3c2C)oc1C. The van der Waals surface area contributed by atoms with Crippen molar-refractivity contribution in [3.05, 3.63) is 45.1 Å². The second-order valence-corrected chi connectivity index (χ2v) is 7.43. The van der Waals surface area contributed by atoms with Gasteiger partial charge in [0.15, 0.2) is 0 Å². The zero-order valence-electron chi connectivity index (χ0n) is 16.2. The van der Waals surface area contributed by atoms with E-state index in [1.165, 1.54) is 18.4 Å². The molecule has 0 spiro atoms. The second kappa shape index (κ2) is 7.11. The summed E-state index contributed by atoms with van der Waals surface area (Å²) in [5.74, 6) is 1.10. The Balaban J connectivity index is 1.88. The maximum Gasteiger partial charge on any atom is 0.341 e. The molecule has 0 aliphatic carbocycles. The highest BCUT2D eigenvalue weighted by Gasteiger charge is 2.23. The first kappa shape index (κ1) is 19.0. The molecule has 0 aliphatic rings. The Bertz CT molecular complexity index is 1050. The summed E-state index contributed by atoms with van der Waals surface area (Å²) in [7, 11) is 3.02. The van der Waals surface area contributed by atoms with Gasteiger partial charge in [-0.05, 0) is 39.3 Å². The number of ether oxygens (including phenoxy) is 1. The van der Waals surface area contributed by atoms with Gasteiger partial charge in [-0.2, -0.15) is 0 Å². The number of aryl methyl sites for hydroxylation is 4. The van der Waals surface area contributed by atoms with Gasteiger partial charge in [0.1, 0.15) is 27.7 Å². The van der Waals surface area contributed by atoms with E-state index in [0.717, 1.165) is 21.5 Å². The third-order valence-electron chi connectivity index (χ3n) is 4.39. The summed E-state index contributed by atoms with van der Waals surface area (Å²) < 4.78 is 10.3. The van der Waals surface area contributed by atoms with Crippen molar-refractivity contribution >= 4 is 33.4 Å². The number of furan rings is 1. The number of fused-ring (bicyclic) bond motifs is 1. The second-order valence-electron chi connectivity index (χ2n) is 6.43. The summed E-state index contributed by atoms with van der Waals surface area (Å²) in [6.45, 7) is 7.62. The number of esters is 1. The Morgan fingerprint density at radius 3 is 2.59 bits per heavy atom. The lowest BCUT2D eigenvalue weighted by atomic mass is 10.1. The predicted octanol–water partition coefficient (Wildman–Crippen LogP) is 3.58. The first-order valence-corrected chi connectivity index (χ1v) is 9.22. The molecule has 0 fully saturated rings. The van der Waals surface area contributed by atoms with E-state index in [9.17, 15) is 9.59 Å². The number of amides is 1. The van der Waals surface area contributed by atoms with Crippen LogP contribution < -0.4 is 0 Å². The fourth-order valence-corrected chi connectivity index (χ4v) is 4.36. The first-order valence-electron chi connectivity index (χ1n) is 8.40. The molecule has 0 aromatic carbocycles. The van der Waals surface area contributed by atoms with Crippen molar-refractivity contribution < 1.29 is 18.7 Å². The third kappa shape index (κ3) is 3.44. The van der Waals surface area contributed by atoms with E-state index in [1.807, 2.05) is 20.8 Å². The van der Waals surface area contributed by atoms with Gasteiger partial charge in [-0.3, -0.25) is 4.79 Å².